The van der Waals surface area contributed by atoms with Crippen LogP contribution in [-0.4, -0.2) is 23.0 Å². The van der Waals surface area contributed by atoms with Crippen molar-refractivity contribution in [2.75, 3.05) is 11.9 Å². The Balaban J connectivity index is 2.07. The molecule has 0 aliphatic heterocycles. The maximum atomic E-state index is 12.0. The Kier molecular flexibility index (Phi) is 3.62. The number of carbonyl (C=O) groups excluding carboxylic acids is 1. The van der Waals surface area contributed by atoms with Crippen molar-refractivity contribution in [3.8, 4) is 5.75 Å². The van der Waals surface area contributed by atoms with Gasteiger partial charge < -0.3 is 10.0 Å². The van der Waals surface area contributed by atoms with Gasteiger partial charge in [0, 0.05) is 23.8 Å². The van der Waals surface area contributed by atoms with Gasteiger partial charge in [-0.2, -0.15) is 0 Å². The molecule has 2 rings (SSSR count). The minimum absolute atomic E-state index is 0.0185. The third-order valence-electron chi connectivity index (χ3n) is 2.58. The summed E-state index contributed by atoms with van der Waals surface area (Å²) in [7, 11) is 1.72. The summed E-state index contributed by atoms with van der Waals surface area (Å²) in [6, 6.07) is 6.54. The molecule has 0 radical (unpaired) electrons. The minimum Gasteiger partial charge on any atom is -0.508 e. The van der Waals surface area contributed by atoms with E-state index < -0.39 is 0 Å². The van der Waals surface area contributed by atoms with Gasteiger partial charge in [0.25, 0.3) is 0 Å². The van der Waals surface area contributed by atoms with Gasteiger partial charge in [-0.1, -0.05) is 0 Å². The molecule has 2 aromatic rings. The second-order valence-electron chi connectivity index (χ2n) is 4.03. The van der Waals surface area contributed by atoms with Crippen LogP contribution in [-0.2, 0) is 11.2 Å². The molecule has 0 saturated heterocycles. The number of phenolic OH excluding ortho intramolecular Hbond substituents is 1. The molecule has 94 valence electrons. The van der Waals surface area contributed by atoms with Gasteiger partial charge in [0.15, 0.2) is 0 Å². The zero-order valence-corrected chi connectivity index (χ0v) is 11.1. The van der Waals surface area contributed by atoms with Crippen molar-refractivity contribution in [1.82, 2.24) is 4.98 Å². The Morgan fingerprint density at radius 1 is 1.39 bits per heavy atom. The van der Waals surface area contributed by atoms with E-state index in [0.29, 0.717) is 6.42 Å². The van der Waals surface area contributed by atoms with E-state index in [0.717, 1.165) is 16.4 Å². The molecule has 0 atom stereocenters. The molecule has 1 amide bonds. The molecule has 1 aromatic carbocycles. The molecular formula is C13H14N2O2S. The predicted molar refractivity (Wildman–Crippen MR) is 72.1 cm³/mol. The largest absolute Gasteiger partial charge is 0.508 e. The van der Waals surface area contributed by atoms with Crippen molar-refractivity contribution in [2.24, 2.45) is 0 Å². The summed E-state index contributed by atoms with van der Waals surface area (Å²) < 4.78 is 0. The minimum atomic E-state index is -0.0185. The number of anilines is 1. The number of carbonyl (C=O) groups is 1. The Labute approximate surface area is 110 Å². The van der Waals surface area contributed by atoms with Crippen LogP contribution in [0.15, 0.2) is 29.6 Å². The molecule has 4 nitrogen and oxygen atoms in total. The van der Waals surface area contributed by atoms with Crippen LogP contribution in [0.2, 0.25) is 0 Å². The first-order valence-electron chi connectivity index (χ1n) is 5.53. The van der Waals surface area contributed by atoms with E-state index in [4.69, 9.17) is 0 Å². The molecule has 0 fully saturated rings. The van der Waals surface area contributed by atoms with E-state index in [2.05, 4.69) is 4.98 Å². The average Bonchev–Trinajstić information content (AvgIpc) is 2.75. The van der Waals surface area contributed by atoms with Gasteiger partial charge in [-0.3, -0.25) is 4.79 Å². The number of benzene rings is 1. The second-order valence-corrected chi connectivity index (χ2v) is 4.97. The third kappa shape index (κ3) is 2.87. The van der Waals surface area contributed by atoms with Crippen LogP contribution < -0.4 is 4.90 Å². The number of phenols is 1. The lowest BCUT2D eigenvalue weighted by atomic mass is 10.2. The van der Waals surface area contributed by atoms with Crippen LogP contribution in [0.3, 0.4) is 0 Å². The average molecular weight is 262 g/mol. The van der Waals surface area contributed by atoms with Crippen molar-refractivity contribution in [1.29, 1.82) is 0 Å². The fraction of sp³-hybridized carbons (Fsp3) is 0.231. The smallest absolute Gasteiger partial charge is 0.233 e. The number of likely N-dealkylation sites (N-methyl/N-ethyl adjacent to an activating group) is 1. The standard InChI is InChI=1S/C13H14N2O2S/c1-9-8-18-12(14-9)7-13(17)15(2)10-3-5-11(16)6-4-10/h3-6,8,16H,7H2,1-2H3. The molecule has 1 aromatic heterocycles. The first kappa shape index (κ1) is 12.6. The molecule has 0 aliphatic carbocycles. The number of thiazole rings is 1. The fourth-order valence-electron chi connectivity index (χ4n) is 1.55. The Morgan fingerprint density at radius 2 is 2.06 bits per heavy atom. The topological polar surface area (TPSA) is 53.4 Å². The van der Waals surface area contributed by atoms with Crippen LogP contribution in [0.4, 0.5) is 5.69 Å². The van der Waals surface area contributed by atoms with Crippen LogP contribution >= 0.6 is 11.3 Å². The van der Waals surface area contributed by atoms with Gasteiger partial charge in [0.1, 0.15) is 10.8 Å². The van der Waals surface area contributed by atoms with Crippen LogP contribution in [0.1, 0.15) is 10.7 Å². The van der Waals surface area contributed by atoms with Crippen molar-refractivity contribution >= 4 is 22.9 Å². The summed E-state index contributed by atoms with van der Waals surface area (Å²) in [5.74, 6) is 0.171. The Bertz CT molecular complexity index is 548. The number of nitrogens with zero attached hydrogens (tertiary/aromatic N) is 2. The second kappa shape index (κ2) is 5.18. The lowest BCUT2D eigenvalue weighted by molar-refractivity contribution is -0.117. The van der Waals surface area contributed by atoms with Crippen LogP contribution in [0.25, 0.3) is 0 Å². The highest BCUT2D eigenvalue weighted by Gasteiger charge is 2.13. The summed E-state index contributed by atoms with van der Waals surface area (Å²) in [4.78, 5) is 17.9. The normalized spacial score (nSPS) is 10.3. The van der Waals surface area contributed by atoms with E-state index in [-0.39, 0.29) is 11.7 Å². The van der Waals surface area contributed by atoms with Gasteiger partial charge in [0.2, 0.25) is 5.91 Å². The molecule has 0 bridgehead atoms. The molecule has 0 aliphatic rings. The molecular weight excluding hydrogens is 248 g/mol. The molecule has 18 heavy (non-hydrogen) atoms. The summed E-state index contributed by atoms with van der Waals surface area (Å²) in [6.07, 6.45) is 0.301. The highest BCUT2D eigenvalue weighted by Crippen LogP contribution is 2.18. The first-order chi connectivity index (χ1) is 8.56. The van der Waals surface area contributed by atoms with Crippen molar-refractivity contribution in [3.63, 3.8) is 0 Å². The number of hydrogen-bond donors (Lipinski definition) is 1. The molecule has 1 N–H and O–H groups in total. The lowest BCUT2D eigenvalue weighted by Gasteiger charge is -2.16. The van der Waals surface area contributed by atoms with Crippen LogP contribution in [0, 0.1) is 6.92 Å². The lowest BCUT2D eigenvalue weighted by Crippen LogP contribution is -2.27. The first-order valence-corrected chi connectivity index (χ1v) is 6.41. The zero-order chi connectivity index (χ0) is 13.1. The van der Waals surface area contributed by atoms with Gasteiger partial charge in [-0.05, 0) is 31.2 Å². The van der Waals surface area contributed by atoms with Crippen molar-refractivity contribution in [3.05, 3.63) is 40.3 Å². The Morgan fingerprint density at radius 3 is 2.61 bits per heavy atom. The summed E-state index contributed by atoms with van der Waals surface area (Å²) in [5, 5.41) is 12.0. The third-order valence-corrected chi connectivity index (χ3v) is 3.55. The summed E-state index contributed by atoms with van der Waals surface area (Å²) in [6.45, 7) is 1.91. The monoisotopic (exact) mass is 262 g/mol. The van der Waals surface area contributed by atoms with E-state index in [1.807, 2.05) is 12.3 Å². The molecule has 5 heteroatoms. The quantitative estimate of drug-likeness (QED) is 0.924. The molecule has 0 unspecified atom stereocenters. The number of aromatic nitrogens is 1. The number of rotatable bonds is 3. The van der Waals surface area contributed by atoms with Crippen molar-refractivity contribution < 1.29 is 9.90 Å². The summed E-state index contributed by atoms with van der Waals surface area (Å²) >= 11 is 1.49. The molecule has 1 heterocycles. The van der Waals surface area contributed by atoms with Crippen molar-refractivity contribution in [2.45, 2.75) is 13.3 Å². The van der Waals surface area contributed by atoms with Crippen LogP contribution in [0.5, 0.6) is 5.75 Å². The van der Waals surface area contributed by atoms with Gasteiger partial charge in [-0.15, -0.1) is 11.3 Å². The zero-order valence-electron chi connectivity index (χ0n) is 10.3. The fourth-order valence-corrected chi connectivity index (χ4v) is 2.31. The highest BCUT2D eigenvalue weighted by atomic mass is 32.1. The van der Waals surface area contributed by atoms with E-state index >= 15 is 0 Å². The molecule has 0 spiro atoms. The highest BCUT2D eigenvalue weighted by molar-refractivity contribution is 7.09. The number of hydrogen-bond acceptors (Lipinski definition) is 4. The van der Waals surface area contributed by atoms with Gasteiger partial charge in [-0.25, -0.2) is 4.98 Å². The maximum absolute atomic E-state index is 12.0. The SMILES string of the molecule is Cc1csc(CC(=O)N(C)c2ccc(O)cc2)n1. The van der Waals surface area contributed by atoms with E-state index in [1.165, 1.54) is 11.3 Å². The predicted octanol–water partition coefficient (Wildman–Crippen LogP) is 2.36. The van der Waals surface area contributed by atoms with E-state index in [9.17, 15) is 9.90 Å². The Hall–Kier alpha value is -1.88. The van der Waals surface area contributed by atoms with E-state index in [1.54, 1.807) is 36.2 Å². The number of aryl methyl sites for hydroxylation is 1. The number of aromatic hydroxyl groups is 1. The maximum Gasteiger partial charge on any atom is 0.233 e. The van der Waals surface area contributed by atoms with Gasteiger partial charge >= 0.3 is 0 Å². The molecule has 0 saturated carbocycles. The van der Waals surface area contributed by atoms with Gasteiger partial charge in [0.05, 0.1) is 6.42 Å². The number of amides is 1. The summed E-state index contributed by atoms with van der Waals surface area (Å²) in [5.41, 5.74) is 1.70.